The van der Waals surface area contributed by atoms with E-state index in [1.165, 1.54) is 0 Å². The second-order valence-corrected chi connectivity index (χ2v) is 16.4. The van der Waals surface area contributed by atoms with Crippen LogP contribution >= 0.6 is 0 Å². The first-order valence-electron chi connectivity index (χ1n) is 22.6. The van der Waals surface area contributed by atoms with Crippen molar-refractivity contribution in [2.45, 2.75) is 69.6 Å². The minimum atomic E-state index is -1.80. The van der Waals surface area contributed by atoms with Crippen LogP contribution in [0.25, 0.3) is 11.1 Å². The lowest BCUT2D eigenvalue weighted by Crippen LogP contribution is -2.58. The Morgan fingerprint density at radius 2 is 1.13 bits per heavy atom. The van der Waals surface area contributed by atoms with Crippen LogP contribution in [0.15, 0.2) is 158 Å². The maximum Gasteiger partial charge on any atom is 0.408 e. The molecule has 16 heteroatoms. The molecule has 6 N–H and O–H groups in total. The van der Waals surface area contributed by atoms with Crippen LogP contribution in [0.4, 0.5) is 9.59 Å². The average molecular weight is 951 g/mol. The van der Waals surface area contributed by atoms with E-state index in [4.69, 9.17) is 23.7 Å². The van der Waals surface area contributed by atoms with Gasteiger partial charge in [0.25, 0.3) is 0 Å². The summed E-state index contributed by atoms with van der Waals surface area (Å²) in [6.07, 6.45) is -5.83. The lowest BCUT2D eigenvalue weighted by atomic mass is 9.94. The summed E-state index contributed by atoms with van der Waals surface area (Å²) in [5.41, 5.74) is 4.83. The lowest BCUT2D eigenvalue weighted by Gasteiger charge is -2.28. The van der Waals surface area contributed by atoms with Crippen LogP contribution in [0.2, 0.25) is 0 Å². The third-order valence-corrected chi connectivity index (χ3v) is 11.3. The van der Waals surface area contributed by atoms with Crippen LogP contribution in [-0.2, 0) is 61.4 Å². The summed E-state index contributed by atoms with van der Waals surface area (Å²) in [6.45, 7) is -0.344. The fourth-order valence-electron chi connectivity index (χ4n) is 7.62. The predicted molar refractivity (Wildman–Crippen MR) is 257 cm³/mol. The van der Waals surface area contributed by atoms with Crippen molar-refractivity contribution in [2.75, 3.05) is 13.7 Å². The van der Waals surface area contributed by atoms with E-state index >= 15 is 0 Å². The smallest absolute Gasteiger partial charge is 0.408 e. The van der Waals surface area contributed by atoms with Gasteiger partial charge in [-0.3, -0.25) is 9.59 Å². The summed E-state index contributed by atoms with van der Waals surface area (Å²) in [5.74, 6) is -2.39. The maximum atomic E-state index is 14.7. The molecule has 0 saturated carbocycles. The van der Waals surface area contributed by atoms with Crippen molar-refractivity contribution in [3.63, 3.8) is 0 Å². The van der Waals surface area contributed by atoms with E-state index in [0.29, 0.717) is 28.0 Å². The van der Waals surface area contributed by atoms with Crippen molar-refractivity contribution < 1.29 is 57.9 Å². The highest BCUT2D eigenvalue weighted by Crippen LogP contribution is 2.36. The maximum absolute atomic E-state index is 14.7. The summed E-state index contributed by atoms with van der Waals surface area (Å²) in [6, 6.07) is 42.0. The molecule has 0 spiro atoms. The molecule has 4 amide bonds. The van der Waals surface area contributed by atoms with E-state index in [1.807, 2.05) is 72.8 Å². The van der Waals surface area contributed by atoms with E-state index in [9.17, 15) is 34.2 Å². The molecule has 4 bridgehead atoms. The van der Waals surface area contributed by atoms with E-state index in [-0.39, 0.29) is 44.2 Å². The molecule has 0 fully saturated rings. The minimum Gasteiger partial charge on any atom is -0.489 e. The number of rotatable bonds is 16. The standard InChI is InChI=1S/C54H54N4O12/c1-66-52(63)48-49(60)43-27-40(23-25-47(43)68-32-36-16-8-3-9-17-36)39-22-24-46(67-31-35-14-6-2-7-15-35)41(26-39)28-44(57-54(65)70-34-38-20-12-5-13-21-38)50(61)56-45(51(62)58-48)29-42(59)30-55-53(64)69-33-37-18-10-4-11-19-37/h2-27,42,44-45,48-49,59-60H,28-34H2,1H3,(H,55,64)(H,56,61)(H,57,65)(H,58,62)/t42-,44+,45-,48-,49+/m1/s1. The van der Waals surface area contributed by atoms with Gasteiger partial charge < -0.3 is 55.2 Å². The molecule has 6 aromatic carbocycles. The molecule has 0 aromatic heterocycles. The quantitative estimate of drug-likeness (QED) is 0.0471. The first-order valence-corrected chi connectivity index (χ1v) is 22.6. The minimum absolute atomic E-state index is 0.0485. The Kier molecular flexibility index (Phi) is 17.5. The average Bonchev–Trinajstić information content (AvgIpc) is 3.39. The molecule has 1 aliphatic heterocycles. The van der Waals surface area contributed by atoms with Crippen molar-refractivity contribution in [3.05, 3.63) is 191 Å². The van der Waals surface area contributed by atoms with Gasteiger partial charge >= 0.3 is 18.2 Å². The Balaban J connectivity index is 1.26. The normalized spacial score (nSPS) is 17.2. The molecule has 7 rings (SSSR count). The molecule has 16 nitrogen and oxygen atoms in total. The highest BCUT2D eigenvalue weighted by atomic mass is 16.6. The number of carbonyl (C=O) groups is 5. The van der Waals surface area contributed by atoms with Gasteiger partial charge in [0.1, 0.15) is 56.1 Å². The molecule has 0 unspecified atom stereocenters. The van der Waals surface area contributed by atoms with Gasteiger partial charge in [-0.2, -0.15) is 0 Å². The van der Waals surface area contributed by atoms with Crippen molar-refractivity contribution >= 4 is 30.0 Å². The Hall–Kier alpha value is -8.21. The first-order chi connectivity index (χ1) is 34.0. The SMILES string of the molecule is COC(=O)[C@@H]1NC(=O)[C@@H](C[C@@H](O)CNC(=O)OCc2ccccc2)NC(=O)[C@@H](NC(=O)OCc2ccccc2)Cc2cc(ccc2OCc2ccccc2)-c2ccc(OCc3ccccc3)c(c2)[C@@H]1O. The molecular weight excluding hydrogens is 897 g/mol. The fraction of sp³-hybridized carbons (Fsp3) is 0.241. The van der Waals surface area contributed by atoms with Crippen LogP contribution in [0.3, 0.4) is 0 Å². The Bertz CT molecular complexity index is 2690. The number of aliphatic hydroxyl groups is 2. The molecule has 0 aliphatic carbocycles. The largest absolute Gasteiger partial charge is 0.489 e. The van der Waals surface area contributed by atoms with Crippen LogP contribution in [0.1, 0.15) is 45.9 Å². The second-order valence-electron chi connectivity index (χ2n) is 16.4. The zero-order valence-electron chi connectivity index (χ0n) is 38.3. The second kappa shape index (κ2) is 24.7. The van der Waals surface area contributed by atoms with E-state index in [1.54, 1.807) is 84.9 Å². The molecule has 1 heterocycles. The third kappa shape index (κ3) is 14.2. The summed E-state index contributed by atoms with van der Waals surface area (Å²) in [7, 11) is 1.08. The third-order valence-electron chi connectivity index (χ3n) is 11.3. The lowest BCUT2D eigenvalue weighted by molar-refractivity contribution is -0.149. The van der Waals surface area contributed by atoms with E-state index in [2.05, 4.69) is 21.3 Å². The number of hydrogen-bond donors (Lipinski definition) is 6. The van der Waals surface area contributed by atoms with Crippen molar-refractivity contribution in [1.29, 1.82) is 0 Å². The van der Waals surface area contributed by atoms with Crippen molar-refractivity contribution in [3.8, 4) is 22.6 Å². The van der Waals surface area contributed by atoms with Crippen LogP contribution in [-0.4, -0.2) is 78.1 Å². The van der Waals surface area contributed by atoms with Gasteiger partial charge in [0.15, 0.2) is 6.04 Å². The van der Waals surface area contributed by atoms with E-state index < -0.39 is 73.3 Å². The number of aliphatic hydroxyl groups excluding tert-OH is 2. The Morgan fingerprint density at radius 3 is 1.69 bits per heavy atom. The number of alkyl carbamates (subject to hydrolysis) is 2. The number of hydrogen-bond acceptors (Lipinski definition) is 12. The highest BCUT2D eigenvalue weighted by Gasteiger charge is 2.37. The van der Waals surface area contributed by atoms with Gasteiger partial charge in [-0.25, -0.2) is 14.4 Å². The Labute approximate surface area is 404 Å². The van der Waals surface area contributed by atoms with Gasteiger partial charge in [-0.05, 0) is 63.2 Å². The molecule has 362 valence electrons. The van der Waals surface area contributed by atoms with Gasteiger partial charge in [-0.1, -0.05) is 133 Å². The van der Waals surface area contributed by atoms with Crippen LogP contribution < -0.4 is 30.7 Å². The fourth-order valence-corrected chi connectivity index (χ4v) is 7.62. The summed E-state index contributed by atoms with van der Waals surface area (Å²) in [4.78, 5) is 69.0. The number of ether oxygens (including phenoxy) is 5. The van der Waals surface area contributed by atoms with Crippen LogP contribution in [0.5, 0.6) is 11.5 Å². The molecule has 6 aromatic rings. The summed E-state index contributed by atoms with van der Waals surface area (Å²) >= 11 is 0. The molecule has 1 aliphatic rings. The van der Waals surface area contributed by atoms with Gasteiger partial charge in [0, 0.05) is 24.9 Å². The van der Waals surface area contributed by atoms with Crippen LogP contribution in [0, 0.1) is 0 Å². The van der Waals surface area contributed by atoms with Gasteiger partial charge in [-0.15, -0.1) is 0 Å². The first kappa shape index (κ1) is 49.7. The molecule has 5 atom stereocenters. The highest BCUT2D eigenvalue weighted by molar-refractivity contribution is 5.93. The predicted octanol–water partition coefficient (Wildman–Crippen LogP) is 6.22. The molecule has 70 heavy (non-hydrogen) atoms. The van der Waals surface area contributed by atoms with Crippen molar-refractivity contribution in [1.82, 2.24) is 21.3 Å². The summed E-state index contributed by atoms with van der Waals surface area (Å²) < 4.78 is 28.5. The van der Waals surface area contributed by atoms with Crippen molar-refractivity contribution in [2.24, 2.45) is 0 Å². The number of methoxy groups -OCH3 is 1. The van der Waals surface area contributed by atoms with E-state index in [0.717, 1.165) is 23.8 Å². The number of esters is 1. The number of carbonyl (C=O) groups excluding carboxylic acids is 5. The molecule has 0 saturated heterocycles. The van der Waals surface area contributed by atoms with Gasteiger partial charge in [0.05, 0.1) is 13.2 Å². The number of benzene rings is 6. The zero-order valence-corrected chi connectivity index (χ0v) is 38.3. The number of fused-ring (bicyclic) bond motifs is 5. The summed E-state index contributed by atoms with van der Waals surface area (Å²) in [5, 5.41) is 33.8. The monoisotopic (exact) mass is 950 g/mol. The molecular formula is C54H54N4O12. The topological polar surface area (TPSA) is 220 Å². The van der Waals surface area contributed by atoms with Gasteiger partial charge in [0.2, 0.25) is 11.8 Å². The molecule has 0 radical (unpaired) electrons. The number of amides is 4. The number of nitrogens with one attached hydrogen (secondary N) is 4. The Morgan fingerprint density at radius 1 is 0.629 bits per heavy atom. The zero-order chi connectivity index (χ0) is 49.2.